The summed E-state index contributed by atoms with van der Waals surface area (Å²) in [6, 6.07) is 7.92. The number of hydrogen-bond acceptors (Lipinski definition) is 2. The number of halogens is 1. The summed E-state index contributed by atoms with van der Waals surface area (Å²) in [6.45, 7) is 1.97. The van der Waals surface area contributed by atoms with Crippen LogP contribution in [0.3, 0.4) is 0 Å². The smallest absolute Gasteiger partial charge is 0.204 e. The van der Waals surface area contributed by atoms with Gasteiger partial charge >= 0.3 is 0 Å². The van der Waals surface area contributed by atoms with Gasteiger partial charge in [0.25, 0.3) is 0 Å². The molecule has 2 N–H and O–H groups in total. The average molecular weight is 252 g/mol. The zero-order chi connectivity index (χ0) is 9.97. The van der Waals surface area contributed by atoms with E-state index in [2.05, 4.69) is 31.2 Å². The minimum atomic E-state index is 0.759. The number of aromatic nitrogens is 2. The number of aromatic amines is 1. The maximum atomic E-state index is 4.16. The van der Waals surface area contributed by atoms with Gasteiger partial charge in [-0.1, -0.05) is 12.1 Å². The van der Waals surface area contributed by atoms with Crippen LogP contribution in [0.4, 0.5) is 11.6 Å². The number of H-pyrrole nitrogens is 1. The number of hydrogen-bond donors (Lipinski definition) is 2. The molecule has 4 heteroatoms. The second kappa shape index (κ2) is 3.84. The largest absolute Gasteiger partial charge is 0.328 e. The molecule has 0 aliphatic carbocycles. The zero-order valence-electron chi connectivity index (χ0n) is 7.71. The molecule has 1 heterocycles. The number of anilines is 2. The molecule has 0 aliphatic rings. The molecule has 1 aromatic heterocycles. The summed E-state index contributed by atoms with van der Waals surface area (Å²) in [4.78, 5) is 7.27. The molecule has 0 radical (unpaired) electrons. The van der Waals surface area contributed by atoms with Crippen molar-refractivity contribution < 1.29 is 0 Å². The number of nitrogens with one attached hydrogen (secondary N) is 2. The molecular formula is C10H10BrN3. The molecule has 0 unspecified atom stereocenters. The minimum Gasteiger partial charge on any atom is -0.328 e. The van der Waals surface area contributed by atoms with Crippen molar-refractivity contribution in [3.8, 4) is 0 Å². The third kappa shape index (κ3) is 1.96. The molecule has 1 aromatic carbocycles. The van der Waals surface area contributed by atoms with Crippen LogP contribution in [0.15, 0.2) is 34.9 Å². The van der Waals surface area contributed by atoms with Gasteiger partial charge in [0.05, 0.1) is 5.69 Å². The average Bonchev–Trinajstić information content (AvgIpc) is 2.56. The van der Waals surface area contributed by atoms with E-state index in [-0.39, 0.29) is 0 Å². The van der Waals surface area contributed by atoms with E-state index < -0.39 is 0 Å². The maximum Gasteiger partial charge on any atom is 0.204 e. The van der Waals surface area contributed by atoms with Crippen molar-refractivity contribution in [2.75, 3.05) is 5.32 Å². The Morgan fingerprint density at radius 1 is 1.36 bits per heavy atom. The number of aryl methyl sites for hydroxylation is 1. The summed E-state index contributed by atoms with van der Waals surface area (Å²) in [7, 11) is 0. The van der Waals surface area contributed by atoms with E-state index in [4.69, 9.17) is 0 Å². The second-order valence-electron chi connectivity index (χ2n) is 3.02. The van der Waals surface area contributed by atoms with Crippen LogP contribution >= 0.6 is 15.9 Å². The van der Waals surface area contributed by atoms with Gasteiger partial charge in [-0.05, 0) is 35.0 Å². The van der Waals surface area contributed by atoms with Crippen molar-refractivity contribution in [3.05, 3.63) is 40.6 Å². The van der Waals surface area contributed by atoms with Crippen LogP contribution in [0.5, 0.6) is 0 Å². The fourth-order valence-corrected chi connectivity index (χ4v) is 1.55. The first-order valence-corrected chi connectivity index (χ1v) is 5.08. The summed E-state index contributed by atoms with van der Waals surface area (Å²) in [6.07, 6.45) is 1.79. The molecule has 0 amide bonds. The number of imidazole rings is 1. The van der Waals surface area contributed by atoms with Crippen LogP contribution in [0.1, 0.15) is 5.69 Å². The molecule has 0 atom stereocenters. The third-order valence-electron chi connectivity index (χ3n) is 1.83. The van der Waals surface area contributed by atoms with Crippen molar-refractivity contribution in [2.45, 2.75) is 6.92 Å². The predicted octanol–water partition coefficient (Wildman–Crippen LogP) is 3.22. The van der Waals surface area contributed by atoms with Gasteiger partial charge in [-0.25, -0.2) is 4.98 Å². The minimum absolute atomic E-state index is 0.759. The normalized spacial score (nSPS) is 10.1. The summed E-state index contributed by atoms with van der Waals surface area (Å²) in [5, 5.41) is 3.18. The second-order valence-corrected chi connectivity index (χ2v) is 3.87. The summed E-state index contributed by atoms with van der Waals surface area (Å²) in [5.41, 5.74) is 2.04. The van der Waals surface area contributed by atoms with Crippen molar-refractivity contribution in [2.24, 2.45) is 0 Å². The highest BCUT2D eigenvalue weighted by Gasteiger charge is 2.00. The van der Waals surface area contributed by atoms with E-state index in [0.717, 1.165) is 21.8 Å². The van der Waals surface area contributed by atoms with E-state index in [0.29, 0.717) is 0 Å². The fraction of sp³-hybridized carbons (Fsp3) is 0.100. The lowest BCUT2D eigenvalue weighted by atomic mass is 10.3. The predicted molar refractivity (Wildman–Crippen MR) is 60.7 cm³/mol. The fourth-order valence-electron chi connectivity index (χ4n) is 1.17. The first-order chi connectivity index (χ1) is 6.75. The van der Waals surface area contributed by atoms with Crippen LogP contribution < -0.4 is 5.32 Å². The highest BCUT2D eigenvalue weighted by atomic mass is 79.9. The Morgan fingerprint density at radius 2 is 2.14 bits per heavy atom. The molecule has 0 aliphatic heterocycles. The lowest BCUT2D eigenvalue weighted by Crippen LogP contribution is -1.92. The van der Waals surface area contributed by atoms with Crippen LogP contribution in [0, 0.1) is 6.92 Å². The van der Waals surface area contributed by atoms with Gasteiger partial charge in [-0.3, -0.25) is 0 Å². The quantitative estimate of drug-likeness (QED) is 0.861. The Morgan fingerprint density at radius 3 is 2.79 bits per heavy atom. The Bertz CT molecular complexity index is 436. The Kier molecular flexibility index (Phi) is 2.54. The SMILES string of the molecule is Cc1cnc(Nc2ccccc2Br)[nH]1. The van der Waals surface area contributed by atoms with Gasteiger partial charge in [-0.2, -0.15) is 0 Å². The monoisotopic (exact) mass is 251 g/mol. The van der Waals surface area contributed by atoms with Crippen molar-refractivity contribution in [1.82, 2.24) is 9.97 Å². The van der Waals surface area contributed by atoms with Gasteiger partial charge in [0.15, 0.2) is 0 Å². The molecule has 3 nitrogen and oxygen atoms in total. The van der Waals surface area contributed by atoms with Gasteiger partial charge in [-0.15, -0.1) is 0 Å². The van der Waals surface area contributed by atoms with E-state index in [9.17, 15) is 0 Å². The molecule has 0 saturated heterocycles. The lowest BCUT2D eigenvalue weighted by Gasteiger charge is -2.04. The highest BCUT2D eigenvalue weighted by Crippen LogP contribution is 2.23. The van der Waals surface area contributed by atoms with Crippen molar-refractivity contribution >= 4 is 27.6 Å². The molecule has 0 fully saturated rings. The summed E-state index contributed by atoms with van der Waals surface area (Å²) < 4.78 is 1.02. The van der Waals surface area contributed by atoms with Crippen LogP contribution in [0.25, 0.3) is 0 Å². The molecule has 2 aromatic rings. The van der Waals surface area contributed by atoms with Crippen molar-refractivity contribution in [3.63, 3.8) is 0 Å². The highest BCUT2D eigenvalue weighted by molar-refractivity contribution is 9.10. The van der Waals surface area contributed by atoms with E-state index in [1.54, 1.807) is 6.20 Å². The Labute approximate surface area is 90.7 Å². The number of rotatable bonds is 2. The molecular weight excluding hydrogens is 242 g/mol. The van der Waals surface area contributed by atoms with Gasteiger partial charge in [0.1, 0.15) is 0 Å². The molecule has 0 saturated carbocycles. The number of nitrogens with zero attached hydrogens (tertiary/aromatic N) is 1. The van der Waals surface area contributed by atoms with Crippen LogP contribution in [0.2, 0.25) is 0 Å². The van der Waals surface area contributed by atoms with Gasteiger partial charge in [0.2, 0.25) is 5.95 Å². The molecule has 0 bridgehead atoms. The molecule has 2 rings (SSSR count). The number of para-hydroxylation sites is 1. The third-order valence-corrected chi connectivity index (χ3v) is 2.52. The topological polar surface area (TPSA) is 40.7 Å². The van der Waals surface area contributed by atoms with E-state index in [1.807, 2.05) is 31.2 Å². The zero-order valence-corrected chi connectivity index (χ0v) is 9.30. The van der Waals surface area contributed by atoms with Gasteiger partial charge in [0, 0.05) is 16.4 Å². The summed E-state index contributed by atoms with van der Waals surface area (Å²) in [5.74, 6) is 0.759. The first kappa shape index (κ1) is 9.27. The van der Waals surface area contributed by atoms with E-state index >= 15 is 0 Å². The first-order valence-electron chi connectivity index (χ1n) is 4.29. The Balaban J connectivity index is 2.23. The van der Waals surface area contributed by atoms with Crippen molar-refractivity contribution in [1.29, 1.82) is 0 Å². The van der Waals surface area contributed by atoms with E-state index in [1.165, 1.54) is 0 Å². The number of benzene rings is 1. The van der Waals surface area contributed by atoms with Crippen LogP contribution in [-0.4, -0.2) is 9.97 Å². The molecule has 14 heavy (non-hydrogen) atoms. The maximum absolute atomic E-state index is 4.16. The summed E-state index contributed by atoms with van der Waals surface area (Å²) >= 11 is 3.46. The standard InChI is InChI=1S/C10H10BrN3/c1-7-6-12-10(13-7)14-9-5-3-2-4-8(9)11/h2-6H,1H3,(H2,12,13,14). The molecule has 72 valence electrons. The molecule has 0 spiro atoms. The lowest BCUT2D eigenvalue weighted by molar-refractivity contribution is 1.24. The van der Waals surface area contributed by atoms with Gasteiger partial charge < -0.3 is 10.3 Å². The van der Waals surface area contributed by atoms with Crippen LogP contribution in [-0.2, 0) is 0 Å². The Hall–Kier alpha value is -1.29.